The van der Waals surface area contributed by atoms with Gasteiger partial charge in [-0.2, -0.15) is 0 Å². The maximum Gasteiger partial charge on any atom is 0.178 e. The lowest BCUT2D eigenvalue weighted by Crippen LogP contribution is -2.51. The molecule has 0 fully saturated rings. The van der Waals surface area contributed by atoms with Gasteiger partial charge in [-0.15, -0.1) is 0 Å². The highest BCUT2D eigenvalue weighted by Gasteiger charge is 2.23. The summed E-state index contributed by atoms with van der Waals surface area (Å²) in [6.07, 6.45) is 4.15. The van der Waals surface area contributed by atoms with E-state index in [0.717, 1.165) is 10.8 Å². The molecule has 0 aromatic heterocycles. The molecule has 1 aromatic carbocycles. The molecule has 1 aliphatic rings. The van der Waals surface area contributed by atoms with Crippen LogP contribution in [0.25, 0.3) is 0 Å². The van der Waals surface area contributed by atoms with Crippen molar-refractivity contribution in [1.82, 2.24) is 5.32 Å². The summed E-state index contributed by atoms with van der Waals surface area (Å²) in [5, 5.41) is 4.04. The van der Waals surface area contributed by atoms with E-state index in [1.807, 2.05) is 17.2 Å². The first kappa shape index (κ1) is 11.1. The Bertz CT molecular complexity index is 449. The van der Waals surface area contributed by atoms with E-state index in [0.29, 0.717) is 0 Å². The number of hydrogen-bond donors (Lipinski definition) is 1. The third-order valence-electron chi connectivity index (χ3n) is 2.57. The van der Waals surface area contributed by atoms with E-state index in [1.165, 1.54) is 5.56 Å². The van der Waals surface area contributed by atoms with E-state index in [1.54, 1.807) is 0 Å². The fourth-order valence-electron chi connectivity index (χ4n) is 1.69. The zero-order chi connectivity index (χ0) is 11.8. The van der Waals surface area contributed by atoms with Crippen molar-refractivity contribution in [2.45, 2.75) is 26.3 Å². The average molecular weight is 232 g/mol. The van der Waals surface area contributed by atoms with E-state index in [9.17, 15) is 0 Å². The third-order valence-corrected chi connectivity index (χ3v) is 2.87. The summed E-state index contributed by atoms with van der Waals surface area (Å²) in [6.45, 7) is 6.28. The summed E-state index contributed by atoms with van der Waals surface area (Å²) in [5.74, 6) is 0. The number of aryl methyl sites for hydroxylation is 1. The van der Waals surface area contributed by atoms with E-state index in [2.05, 4.69) is 50.4 Å². The maximum atomic E-state index is 5.36. The summed E-state index contributed by atoms with van der Waals surface area (Å²) in [5.41, 5.74) is 2.28. The van der Waals surface area contributed by atoms with Crippen LogP contribution in [0.15, 0.2) is 36.5 Å². The minimum atomic E-state index is -0.0581. The summed E-state index contributed by atoms with van der Waals surface area (Å²) in [4.78, 5) is 1.99. The first-order valence-corrected chi connectivity index (χ1v) is 5.76. The molecule has 0 saturated heterocycles. The molecule has 0 amide bonds. The highest BCUT2D eigenvalue weighted by Crippen LogP contribution is 2.21. The molecule has 0 radical (unpaired) electrons. The van der Waals surface area contributed by atoms with Gasteiger partial charge in [0.05, 0.1) is 5.54 Å². The van der Waals surface area contributed by atoms with Crippen molar-refractivity contribution >= 4 is 23.0 Å². The lowest BCUT2D eigenvalue weighted by atomic mass is 10.0. The smallest absolute Gasteiger partial charge is 0.178 e. The number of thiocarbonyl (C=S) groups is 1. The Labute approximate surface area is 102 Å². The SMILES string of the molecule is Cc1cccc(N2C=CC(C)(C)NC2=S)c1. The van der Waals surface area contributed by atoms with Crippen LogP contribution in [-0.2, 0) is 0 Å². The van der Waals surface area contributed by atoms with Crippen molar-refractivity contribution in [3.8, 4) is 0 Å². The molecule has 0 spiro atoms. The zero-order valence-corrected chi connectivity index (χ0v) is 10.6. The second kappa shape index (κ2) is 3.91. The van der Waals surface area contributed by atoms with E-state index in [-0.39, 0.29) is 5.54 Å². The van der Waals surface area contributed by atoms with Gasteiger partial charge in [0, 0.05) is 11.9 Å². The van der Waals surface area contributed by atoms with Gasteiger partial charge in [-0.25, -0.2) is 0 Å². The first-order valence-electron chi connectivity index (χ1n) is 5.35. The molecule has 16 heavy (non-hydrogen) atoms. The van der Waals surface area contributed by atoms with Crippen LogP contribution in [0.2, 0.25) is 0 Å². The fourth-order valence-corrected chi connectivity index (χ4v) is 2.12. The molecule has 1 aromatic rings. The number of anilines is 1. The van der Waals surface area contributed by atoms with Crippen molar-refractivity contribution in [2.75, 3.05) is 4.90 Å². The third kappa shape index (κ3) is 2.25. The van der Waals surface area contributed by atoms with Gasteiger partial charge in [-0.1, -0.05) is 12.1 Å². The molecule has 1 heterocycles. The Morgan fingerprint density at radius 2 is 2.06 bits per heavy atom. The van der Waals surface area contributed by atoms with Gasteiger partial charge in [-0.05, 0) is 56.8 Å². The van der Waals surface area contributed by atoms with Crippen LogP contribution in [-0.4, -0.2) is 10.7 Å². The van der Waals surface area contributed by atoms with Crippen LogP contribution in [0.1, 0.15) is 19.4 Å². The quantitative estimate of drug-likeness (QED) is 0.749. The van der Waals surface area contributed by atoms with Crippen LogP contribution in [0, 0.1) is 6.92 Å². The largest absolute Gasteiger partial charge is 0.354 e. The lowest BCUT2D eigenvalue weighted by molar-refractivity contribution is 0.566. The van der Waals surface area contributed by atoms with Crippen molar-refractivity contribution in [1.29, 1.82) is 0 Å². The average Bonchev–Trinajstić information content (AvgIpc) is 2.15. The summed E-state index contributed by atoms with van der Waals surface area (Å²) < 4.78 is 0. The summed E-state index contributed by atoms with van der Waals surface area (Å²) >= 11 is 5.36. The summed E-state index contributed by atoms with van der Waals surface area (Å²) in [7, 11) is 0. The first-order chi connectivity index (χ1) is 7.48. The van der Waals surface area contributed by atoms with Crippen molar-refractivity contribution < 1.29 is 0 Å². The molecule has 84 valence electrons. The van der Waals surface area contributed by atoms with Gasteiger partial charge in [0.1, 0.15) is 0 Å². The fraction of sp³-hybridized carbons (Fsp3) is 0.308. The number of rotatable bonds is 1. The van der Waals surface area contributed by atoms with Gasteiger partial charge in [0.25, 0.3) is 0 Å². The van der Waals surface area contributed by atoms with Crippen LogP contribution < -0.4 is 10.2 Å². The molecular formula is C13H16N2S. The minimum Gasteiger partial charge on any atom is -0.354 e. The van der Waals surface area contributed by atoms with E-state index >= 15 is 0 Å². The van der Waals surface area contributed by atoms with Crippen molar-refractivity contribution in [2.24, 2.45) is 0 Å². The highest BCUT2D eigenvalue weighted by molar-refractivity contribution is 7.80. The molecule has 0 atom stereocenters. The highest BCUT2D eigenvalue weighted by atomic mass is 32.1. The van der Waals surface area contributed by atoms with Crippen LogP contribution in [0.5, 0.6) is 0 Å². The lowest BCUT2D eigenvalue weighted by Gasteiger charge is -2.34. The number of nitrogens with zero attached hydrogens (tertiary/aromatic N) is 1. The van der Waals surface area contributed by atoms with E-state index < -0.39 is 0 Å². The van der Waals surface area contributed by atoms with Crippen molar-refractivity contribution in [3.63, 3.8) is 0 Å². The minimum absolute atomic E-state index is 0.0581. The molecule has 0 aliphatic carbocycles. The molecule has 2 rings (SSSR count). The van der Waals surface area contributed by atoms with Gasteiger partial charge in [-0.3, -0.25) is 4.90 Å². The molecule has 1 N–H and O–H groups in total. The van der Waals surface area contributed by atoms with E-state index in [4.69, 9.17) is 12.2 Å². The Morgan fingerprint density at radius 1 is 1.31 bits per heavy atom. The molecule has 0 unspecified atom stereocenters. The Kier molecular flexibility index (Phi) is 2.72. The monoisotopic (exact) mass is 232 g/mol. The Balaban J connectivity index is 2.33. The Morgan fingerprint density at radius 3 is 2.69 bits per heavy atom. The van der Waals surface area contributed by atoms with Gasteiger partial charge >= 0.3 is 0 Å². The predicted octanol–water partition coefficient (Wildman–Crippen LogP) is 2.98. The van der Waals surface area contributed by atoms with Crippen LogP contribution in [0.4, 0.5) is 5.69 Å². The van der Waals surface area contributed by atoms with Gasteiger partial charge in [0.15, 0.2) is 5.11 Å². The number of nitrogens with one attached hydrogen (secondary N) is 1. The molecule has 0 saturated carbocycles. The molecule has 3 heteroatoms. The van der Waals surface area contributed by atoms with Crippen molar-refractivity contribution in [3.05, 3.63) is 42.1 Å². The van der Waals surface area contributed by atoms with Gasteiger partial charge in [0.2, 0.25) is 0 Å². The normalized spacial score (nSPS) is 18.4. The standard InChI is InChI=1S/C13H16N2S/c1-10-5-4-6-11(9-10)15-8-7-13(2,3)14-12(15)16/h4-9H,1-3H3,(H,14,16). The van der Waals surface area contributed by atoms with Gasteiger partial charge < -0.3 is 5.32 Å². The molecule has 1 aliphatic heterocycles. The molecule has 2 nitrogen and oxygen atoms in total. The second-order valence-corrected chi connectivity index (χ2v) is 5.06. The predicted molar refractivity (Wildman–Crippen MR) is 72.6 cm³/mol. The Hall–Kier alpha value is -1.35. The second-order valence-electron chi connectivity index (χ2n) is 4.68. The number of benzene rings is 1. The number of hydrogen-bond acceptors (Lipinski definition) is 1. The topological polar surface area (TPSA) is 15.3 Å². The summed E-state index contributed by atoms with van der Waals surface area (Å²) in [6, 6.07) is 8.30. The maximum absolute atomic E-state index is 5.36. The molecule has 0 bridgehead atoms. The zero-order valence-electron chi connectivity index (χ0n) is 9.82. The molecular weight excluding hydrogens is 216 g/mol. The van der Waals surface area contributed by atoms with Crippen LogP contribution in [0.3, 0.4) is 0 Å². The van der Waals surface area contributed by atoms with Crippen LogP contribution >= 0.6 is 12.2 Å².